The number of aromatic nitrogens is 1. The molecular formula is C18H13NO3S. The second-order valence-electron chi connectivity index (χ2n) is 4.75. The van der Waals surface area contributed by atoms with Gasteiger partial charge < -0.3 is 4.74 Å². The third-order valence-electron chi connectivity index (χ3n) is 3.21. The van der Waals surface area contributed by atoms with Crippen LogP contribution in [0.15, 0.2) is 66.2 Å². The number of pyridine rings is 1. The highest BCUT2D eigenvalue weighted by Crippen LogP contribution is 2.19. The molecule has 114 valence electrons. The van der Waals surface area contributed by atoms with Crippen molar-refractivity contribution in [1.82, 2.24) is 4.98 Å². The molecule has 23 heavy (non-hydrogen) atoms. The zero-order chi connectivity index (χ0) is 16.1. The second kappa shape index (κ2) is 6.98. The number of hydrogen-bond donors (Lipinski definition) is 0. The Hall–Kier alpha value is -2.79. The number of carbonyl (C=O) groups excluding carboxylic acids is 2. The van der Waals surface area contributed by atoms with E-state index in [0.29, 0.717) is 16.1 Å². The highest BCUT2D eigenvalue weighted by Gasteiger charge is 2.19. The molecule has 0 aliphatic rings. The Morgan fingerprint density at radius 2 is 1.74 bits per heavy atom. The first-order valence-corrected chi connectivity index (χ1v) is 7.88. The largest absolute Gasteiger partial charge is 0.456 e. The van der Waals surface area contributed by atoms with Gasteiger partial charge in [0, 0.05) is 11.8 Å². The average Bonchev–Trinajstić information content (AvgIpc) is 3.14. The van der Waals surface area contributed by atoms with Crippen LogP contribution >= 0.6 is 11.3 Å². The molecule has 3 aromatic rings. The fourth-order valence-electron chi connectivity index (χ4n) is 2.10. The van der Waals surface area contributed by atoms with Gasteiger partial charge in [0.05, 0.1) is 16.1 Å². The molecule has 3 rings (SSSR count). The Labute approximate surface area is 137 Å². The molecule has 0 unspecified atom stereocenters. The minimum absolute atomic E-state index is 0.0706. The Bertz CT molecular complexity index is 813. The van der Waals surface area contributed by atoms with Gasteiger partial charge in [0.2, 0.25) is 5.78 Å². The maximum absolute atomic E-state index is 12.5. The molecule has 0 bridgehead atoms. The average molecular weight is 323 g/mol. The van der Waals surface area contributed by atoms with Gasteiger partial charge in [-0.05, 0) is 29.6 Å². The van der Waals surface area contributed by atoms with Gasteiger partial charge in [-0.15, -0.1) is 11.3 Å². The van der Waals surface area contributed by atoms with Crippen LogP contribution in [-0.4, -0.2) is 16.7 Å². The van der Waals surface area contributed by atoms with E-state index in [1.165, 1.54) is 11.3 Å². The van der Waals surface area contributed by atoms with Crippen LogP contribution in [0.1, 0.15) is 31.3 Å². The molecule has 0 spiro atoms. The van der Waals surface area contributed by atoms with E-state index in [2.05, 4.69) is 4.98 Å². The van der Waals surface area contributed by atoms with Crippen molar-refractivity contribution in [2.45, 2.75) is 6.61 Å². The summed E-state index contributed by atoms with van der Waals surface area (Å²) in [6.07, 6.45) is 1.64. The number of carbonyl (C=O) groups is 2. The molecule has 0 saturated carbocycles. The Balaban J connectivity index is 1.80. The zero-order valence-corrected chi connectivity index (χ0v) is 13.0. The van der Waals surface area contributed by atoms with Gasteiger partial charge in [0.15, 0.2) is 0 Å². The molecular weight excluding hydrogens is 310 g/mol. The lowest BCUT2D eigenvalue weighted by Crippen LogP contribution is -2.12. The minimum atomic E-state index is -0.531. The van der Waals surface area contributed by atoms with Crippen LogP contribution in [0, 0.1) is 0 Å². The number of benzene rings is 1. The van der Waals surface area contributed by atoms with Gasteiger partial charge >= 0.3 is 5.97 Å². The van der Waals surface area contributed by atoms with E-state index in [1.807, 2.05) is 11.4 Å². The van der Waals surface area contributed by atoms with Crippen molar-refractivity contribution >= 4 is 23.1 Å². The van der Waals surface area contributed by atoms with E-state index in [4.69, 9.17) is 4.74 Å². The lowest BCUT2D eigenvalue weighted by Gasteiger charge is -2.08. The molecule has 2 heterocycles. The lowest BCUT2D eigenvalue weighted by molar-refractivity contribution is 0.0465. The monoisotopic (exact) mass is 323 g/mol. The van der Waals surface area contributed by atoms with Crippen molar-refractivity contribution < 1.29 is 14.3 Å². The van der Waals surface area contributed by atoms with Crippen molar-refractivity contribution in [3.05, 3.63) is 87.9 Å². The van der Waals surface area contributed by atoms with Crippen LogP contribution in [0.25, 0.3) is 0 Å². The molecule has 5 heteroatoms. The van der Waals surface area contributed by atoms with Crippen LogP contribution in [0.4, 0.5) is 0 Å². The number of esters is 1. The Kier molecular flexibility index (Phi) is 4.59. The highest BCUT2D eigenvalue weighted by molar-refractivity contribution is 7.12. The molecule has 0 amide bonds. The summed E-state index contributed by atoms with van der Waals surface area (Å²) >= 11 is 1.34. The maximum Gasteiger partial charge on any atom is 0.339 e. The van der Waals surface area contributed by atoms with Crippen molar-refractivity contribution in [2.24, 2.45) is 0 Å². The molecule has 0 atom stereocenters. The van der Waals surface area contributed by atoms with E-state index in [9.17, 15) is 9.59 Å². The lowest BCUT2D eigenvalue weighted by atomic mass is 10.0. The Morgan fingerprint density at radius 3 is 2.43 bits per heavy atom. The highest BCUT2D eigenvalue weighted by atomic mass is 32.1. The molecule has 2 aromatic heterocycles. The quantitative estimate of drug-likeness (QED) is 0.530. The number of nitrogens with zero attached hydrogens (tertiary/aromatic N) is 1. The predicted molar refractivity (Wildman–Crippen MR) is 87.6 cm³/mol. The summed E-state index contributed by atoms with van der Waals surface area (Å²) in [6, 6.07) is 15.6. The van der Waals surface area contributed by atoms with Crippen molar-refractivity contribution in [3.63, 3.8) is 0 Å². The standard InChI is InChI=1S/C18H13NO3S/c20-17(16-9-5-11-23-16)14-7-1-2-8-15(14)18(21)22-12-13-6-3-4-10-19-13/h1-11H,12H2. The summed E-state index contributed by atoms with van der Waals surface area (Å²) in [4.78, 5) is 29.5. The van der Waals surface area contributed by atoms with Crippen LogP contribution < -0.4 is 0 Å². The Morgan fingerprint density at radius 1 is 0.957 bits per heavy atom. The summed E-state index contributed by atoms with van der Waals surface area (Å²) < 4.78 is 5.27. The van der Waals surface area contributed by atoms with E-state index in [-0.39, 0.29) is 18.0 Å². The summed E-state index contributed by atoms with van der Waals surface area (Å²) in [5, 5.41) is 1.83. The normalized spacial score (nSPS) is 10.3. The molecule has 0 radical (unpaired) electrons. The van der Waals surface area contributed by atoms with Gasteiger partial charge in [-0.1, -0.05) is 30.3 Å². The van der Waals surface area contributed by atoms with Crippen LogP contribution in [0.3, 0.4) is 0 Å². The fraction of sp³-hybridized carbons (Fsp3) is 0.0556. The van der Waals surface area contributed by atoms with E-state index < -0.39 is 5.97 Å². The van der Waals surface area contributed by atoms with Crippen molar-refractivity contribution in [1.29, 1.82) is 0 Å². The van der Waals surface area contributed by atoms with Crippen LogP contribution in [0.5, 0.6) is 0 Å². The molecule has 1 aromatic carbocycles. The zero-order valence-electron chi connectivity index (χ0n) is 12.1. The number of ketones is 1. The van der Waals surface area contributed by atoms with Gasteiger partial charge in [-0.25, -0.2) is 4.79 Å². The fourth-order valence-corrected chi connectivity index (χ4v) is 2.78. The predicted octanol–water partition coefficient (Wildman–Crippen LogP) is 3.73. The number of ether oxygens (including phenoxy) is 1. The van der Waals surface area contributed by atoms with Crippen LogP contribution in [-0.2, 0) is 11.3 Å². The van der Waals surface area contributed by atoms with Crippen LogP contribution in [0.2, 0.25) is 0 Å². The molecule has 4 nitrogen and oxygen atoms in total. The van der Waals surface area contributed by atoms with Crippen molar-refractivity contribution in [2.75, 3.05) is 0 Å². The summed E-state index contributed by atoms with van der Waals surface area (Å²) in [6.45, 7) is 0.0706. The summed E-state index contributed by atoms with van der Waals surface area (Å²) in [5.41, 5.74) is 1.27. The molecule has 0 fully saturated rings. The van der Waals surface area contributed by atoms with E-state index >= 15 is 0 Å². The second-order valence-corrected chi connectivity index (χ2v) is 5.70. The first-order chi connectivity index (χ1) is 11.3. The first kappa shape index (κ1) is 15.1. The smallest absolute Gasteiger partial charge is 0.339 e. The topological polar surface area (TPSA) is 56.3 Å². The van der Waals surface area contributed by atoms with Gasteiger partial charge in [0.1, 0.15) is 6.61 Å². The molecule has 0 N–H and O–H groups in total. The number of rotatable bonds is 5. The molecule has 0 aliphatic heterocycles. The maximum atomic E-state index is 12.5. The SMILES string of the molecule is O=C(OCc1ccccn1)c1ccccc1C(=O)c1cccs1. The molecule has 0 saturated heterocycles. The third-order valence-corrected chi connectivity index (χ3v) is 4.08. The van der Waals surface area contributed by atoms with Gasteiger partial charge in [0.25, 0.3) is 0 Å². The first-order valence-electron chi connectivity index (χ1n) is 7.00. The number of hydrogen-bond acceptors (Lipinski definition) is 5. The van der Waals surface area contributed by atoms with Gasteiger partial charge in [-0.2, -0.15) is 0 Å². The molecule has 0 aliphatic carbocycles. The van der Waals surface area contributed by atoms with Crippen molar-refractivity contribution in [3.8, 4) is 0 Å². The van der Waals surface area contributed by atoms with Gasteiger partial charge in [-0.3, -0.25) is 9.78 Å². The van der Waals surface area contributed by atoms with E-state index in [0.717, 1.165) is 0 Å². The van der Waals surface area contributed by atoms with E-state index in [1.54, 1.807) is 54.7 Å². The third kappa shape index (κ3) is 3.52. The summed E-state index contributed by atoms with van der Waals surface area (Å²) in [7, 11) is 0. The summed E-state index contributed by atoms with van der Waals surface area (Å²) in [5.74, 6) is -0.707. The number of thiophene rings is 1. The minimum Gasteiger partial charge on any atom is -0.456 e.